The van der Waals surface area contributed by atoms with Crippen LogP contribution < -0.4 is 5.46 Å². The molecule has 2 aromatic rings. The molecule has 1 unspecified atom stereocenters. The van der Waals surface area contributed by atoms with E-state index >= 15 is 0 Å². The standard InChI is InChI=1S/C22H32BNO5/c1-21(2)9-6-10-22(3)15(21)8-7-13(24(4)5)20-16(22)12-11-14(25)18(26)17(23(27)28)19(12)29-20/h11,13,15,25-28H,6-10H2,1-5H3/t13?,15-,22-/m1/s1. The molecular formula is C22H32BNO5. The zero-order valence-electron chi connectivity index (χ0n) is 18.0. The van der Waals surface area contributed by atoms with E-state index in [2.05, 4.69) is 25.7 Å². The quantitative estimate of drug-likeness (QED) is 0.456. The molecule has 0 amide bonds. The van der Waals surface area contributed by atoms with Crippen molar-refractivity contribution < 1.29 is 24.7 Å². The number of phenols is 2. The number of nitrogens with zero attached hydrogens (tertiary/aromatic N) is 1. The van der Waals surface area contributed by atoms with Crippen LogP contribution in [0.4, 0.5) is 0 Å². The fraction of sp³-hybridized carbons (Fsp3) is 0.636. The van der Waals surface area contributed by atoms with Gasteiger partial charge in [-0.25, -0.2) is 0 Å². The summed E-state index contributed by atoms with van der Waals surface area (Å²) in [6, 6.07) is 1.57. The first-order valence-corrected chi connectivity index (χ1v) is 10.5. The number of phenolic OH excluding ortho intramolecular Hbond substituents is 2. The van der Waals surface area contributed by atoms with Crippen molar-refractivity contribution in [2.45, 2.75) is 64.3 Å². The summed E-state index contributed by atoms with van der Waals surface area (Å²) < 4.78 is 6.32. The number of benzene rings is 1. The minimum atomic E-state index is -1.94. The lowest BCUT2D eigenvalue weighted by atomic mass is 9.53. The molecule has 0 radical (unpaired) electrons. The average Bonchev–Trinajstić information content (AvgIpc) is 2.89. The van der Waals surface area contributed by atoms with Gasteiger partial charge in [0.2, 0.25) is 0 Å². The Kier molecular flexibility index (Phi) is 4.72. The van der Waals surface area contributed by atoms with Gasteiger partial charge in [-0.3, -0.25) is 4.90 Å². The molecule has 7 heteroatoms. The molecule has 1 aromatic heterocycles. The molecule has 3 atom stereocenters. The zero-order valence-corrected chi connectivity index (χ0v) is 18.0. The molecule has 4 rings (SSSR count). The van der Waals surface area contributed by atoms with E-state index in [-0.39, 0.29) is 33.7 Å². The van der Waals surface area contributed by atoms with Gasteiger partial charge in [0.05, 0.1) is 11.5 Å². The highest BCUT2D eigenvalue weighted by Crippen LogP contribution is 2.60. The summed E-state index contributed by atoms with van der Waals surface area (Å²) in [6.07, 6.45) is 5.33. The Balaban J connectivity index is 2.10. The number of rotatable bonds is 2. The van der Waals surface area contributed by atoms with Crippen LogP contribution in [-0.4, -0.2) is 46.4 Å². The van der Waals surface area contributed by atoms with Gasteiger partial charge in [-0.15, -0.1) is 0 Å². The van der Waals surface area contributed by atoms with Gasteiger partial charge >= 0.3 is 7.12 Å². The van der Waals surface area contributed by atoms with Crippen LogP contribution in [0.15, 0.2) is 10.5 Å². The second kappa shape index (κ2) is 6.66. The van der Waals surface area contributed by atoms with Gasteiger partial charge in [-0.05, 0) is 62.6 Å². The maximum atomic E-state index is 10.4. The molecule has 0 aliphatic heterocycles. The van der Waals surface area contributed by atoms with E-state index in [1.807, 2.05) is 14.1 Å². The largest absolute Gasteiger partial charge is 0.504 e. The molecule has 0 bridgehead atoms. The highest BCUT2D eigenvalue weighted by Gasteiger charge is 2.52. The highest BCUT2D eigenvalue weighted by molar-refractivity contribution is 6.63. The van der Waals surface area contributed by atoms with Crippen molar-refractivity contribution >= 4 is 23.6 Å². The molecule has 1 aromatic carbocycles. The predicted octanol–water partition coefficient (Wildman–Crippen LogP) is 3.00. The zero-order chi connectivity index (χ0) is 21.3. The normalized spacial score (nSPS) is 28.8. The SMILES string of the molecule is CN(C)C1CC[C@@H]2C(C)(C)CCC[C@@]2(C)c2c1oc1c(B(O)O)c(O)c(O)cc21. The van der Waals surface area contributed by atoms with E-state index in [1.165, 1.54) is 12.5 Å². The van der Waals surface area contributed by atoms with Gasteiger partial charge in [0, 0.05) is 10.9 Å². The lowest BCUT2D eigenvalue weighted by molar-refractivity contribution is 0.0484. The first-order valence-electron chi connectivity index (χ1n) is 10.5. The number of aromatic hydroxyl groups is 2. The molecule has 0 spiro atoms. The van der Waals surface area contributed by atoms with Crippen molar-refractivity contribution in [2.24, 2.45) is 11.3 Å². The molecular weight excluding hydrogens is 369 g/mol. The third-order valence-corrected chi connectivity index (χ3v) is 7.71. The van der Waals surface area contributed by atoms with E-state index in [0.717, 1.165) is 37.0 Å². The van der Waals surface area contributed by atoms with Crippen LogP contribution in [0.1, 0.15) is 70.2 Å². The molecule has 158 valence electrons. The third kappa shape index (κ3) is 2.89. The molecule has 4 N–H and O–H groups in total. The molecule has 6 nitrogen and oxygen atoms in total. The topological polar surface area (TPSA) is 97.3 Å². The van der Waals surface area contributed by atoms with E-state index in [0.29, 0.717) is 11.3 Å². The fourth-order valence-corrected chi connectivity index (χ4v) is 6.39. The van der Waals surface area contributed by atoms with Crippen molar-refractivity contribution in [3.05, 3.63) is 17.4 Å². The van der Waals surface area contributed by atoms with Crippen molar-refractivity contribution in [3.63, 3.8) is 0 Å². The summed E-state index contributed by atoms with van der Waals surface area (Å²) in [4.78, 5) is 2.14. The van der Waals surface area contributed by atoms with E-state index in [4.69, 9.17) is 4.42 Å². The number of hydrogen-bond acceptors (Lipinski definition) is 6. The summed E-state index contributed by atoms with van der Waals surface area (Å²) in [7, 11) is 2.12. The summed E-state index contributed by atoms with van der Waals surface area (Å²) in [5.74, 6) is 0.361. The smallest absolute Gasteiger partial charge is 0.496 e. The van der Waals surface area contributed by atoms with Crippen molar-refractivity contribution in [1.29, 1.82) is 0 Å². The van der Waals surface area contributed by atoms with Crippen LogP contribution in [0, 0.1) is 11.3 Å². The summed E-state index contributed by atoms with van der Waals surface area (Å²) >= 11 is 0. The first kappa shape index (κ1) is 20.6. The molecule has 0 saturated heterocycles. The molecule has 1 saturated carbocycles. The molecule has 2 aliphatic carbocycles. The van der Waals surface area contributed by atoms with Crippen LogP contribution >= 0.6 is 0 Å². The Bertz CT molecular complexity index is 951. The maximum Gasteiger partial charge on any atom is 0.496 e. The Labute approximate surface area is 172 Å². The number of hydrogen-bond donors (Lipinski definition) is 4. The number of furan rings is 1. The van der Waals surface area contributed by atoms with Crippen molar-refractivity contribution in [1.82, 2.24) is 4.90 Å². The molecule has 1 fully saturated rings. The summed E-state index contributed by atoms with van der Waals surface area (Å²) in [5.41, 5.74) is 1.17. The summed E-state index contributed by atoms with van der Waals surface area (Å²) in [6.45, 7) is 6.99. The maximum absolute atomic E-state index is 10.4. The highest BCUT2D eigenvalue weighted by atomic mass is 16.4. The van der Waals surface area contributed by atoms with Crippen molar-refractivity contribution in [3.8, 4) is 11.5 Å². The van der Waals surface area contributed by atoms with Gasteiger partial charge in [-0.1, -0.05) is 27.2 Å². The van der Waals surface area contributed by atoms with E-state index in [9.17, 15) is 20.3 Å². The lowest BCUT2D eigenvalue weighted by Gasteiger charge is -2.50. The average molecular weight is 401 g/mol. The van der Waals surface area contributed by atoms with Crippen LogP contribution in [0.25, 0.3) is 11.0 Å². The van der Waals surface area contributed by atoms with Crippen LogP contribution in [-0.2, 0) is 5.41 Å². The van der Waals surface area contributed by atoms with Crippen LogP contribution in [0.2, 0.25) is 0 Å². The minimum Gasteiger partial charge on any atom is -0.504 e. The van der Waals surface area contributed by atoms with E-state index < -0.39 is 12.9 Å². The van der Waals surface area contributed by atoms with Crippen LogP contribution in [0.5, 0.6) is 11.5 Å². The first-order chi connectivity index (χ1) is 13.5. The van der Waals surface area contributed by atoms with Gasteiger partial charge < -0.3 is 24.7 Å². The Hall–Kier alpha value is -1.70. The Morgan fingerprint density at radius 1 is 1.10 bits per heavy atom. The molecule has 29 heavy (non-hydrogen) atoms. The second-order valence-corrected chi connectivity index (χ2v) is 10.1. The van der Waals surface area contributed by atoms with Gasteiger partial charge in [0.25, 0.3) is 0 Å². The number of fused-ring (bicyclic) bond motifs is 5. The second-order valence-electron chi connectivity index (χ2n) is 10.1. The lowest BCUT2D eigenvalue weighted by Crippen LogP contribution is -2.44. The Morgan fingerprint density at radius 3 is 2.41 bits per heavy atom. The third-order valence-electron chi connectivity index (χ3n) is 7.71. The Morgan fingerprint density at radius 2 is 1.79 bits per heavy atom. The van der Waals surface area contributed by atoms with Gasteiger partial charge in [0.1, 0.15) is 11.3 Å². The van der Waals surface area contributed by atoms with Gasteiger partial charge in [0.15, 0.2) is 11.5 Å². The predicted molar refractivity (Wildman–Crippen MR) is 114 cm³/mol. The van der Waals surface area contributed by atoms with Crippen molar-refractivity contribution in [2.75, 3.05) is 14.1 Å². The van der Waals surface area contributed by atoms with E-state index in [1.54, 1.807) is 0 Å². The van der Waals surface area contributed by atoms with Crippen LogP contribution in [0.3, 0.4) is 0 Å². The fourth-order valence-electron chi connectivity index (χ4n) is 6.39. The monoisotopic (exact) mass is 401 g/mol. The summed E-state index contributed by atoms with van der Waals surface area (Å²) in [5, 5.41) is 41.2. The minimum absolute atomic E-state index is 0.0450. The molecule has 1 heterocycles. The molecule has 2 aliphatic rings. The van der Waals surface area contributed by atoms with Gasteiger partial charge in [-0.2, -0.15) is 0 Å².